The Morgan fingerprint density at radius 2 is 1.62 bits per heavy atom. The van der Waals surface area contributed by atoms with Crippen molar-refractivity contribution in [2.75, 3.05) is 5.32 Å². The predicted molar refractivity (Wildman–Crippen MR) is 95.8 cm³/mol. The summed E-state index contributed by atoms with van der Waals surface area (Å²) in [4.78, 5) is 15.5. The zero-order valence-electron chi connectivity index (χ0n) is 13.6. The average Bonchev–Trinajstić information content (AvgIpc) is 2.59. The molecule has 0 aliphatic heterocycles. The SMILES string of the molecule is Cc1cc(-c2ccccc2)cc(C)c1Nc1ncccc1C(=O)O. The Bertz CT molecular complexity index is 866. The van der Waals surface area contributed by atoms with Gasteiger partial charge in [-0.15, -0.1) is 0 Å². The van der Waals surface area contributed by atoms with Crippen molar-refractivity contribution in [2.45, 2.75) is 13.8 Å². The highest BCUT2D eigenvalue weighted by molar-refractivity contribution is 5.94. The van der Waals surface area contributed by atoms with Crippen molar-refractivity contribution < 1.29 is 9.90 Å². The van der Waals surface area contributed by atoms with Crippen molar-refractivity contribution in [3.63, 3.8) is 0 Å². The summed E-state index contributed by atoms with van der Waals surface area (Å²) in [6.45, 7) is 4.01. The van der Waals surface area contributed by atoms with Crippen LogP contribution in [0.25, 0.3) is 11.1 Å². The summed E-state index contributed by atoms with van der Waals surface area (Å²) in [5.74, 6) is -0.648. The maximum absolute atomic E-state index is 11.3. The van der Waals surface area contributed by atoms with Crippen LogP contribution in [0.15, 0.2) is 60.8 Å². The van der Waals surface area contributed by atoms with Gasteiger partial charge in [0.1, 0.15) is 11.4 Å². The van der Waals surface area contributed by atoms with Gasteiger partial charge < -0.3 is 10.4 Å². The number of rotatable bonds is 4. The van der Waals surface area contributed by atoms with E-state index in [1.807, 2.05) is 32.0 Å². The summed E-state index contributed by atoms with van der Waals surface area (Å²) in [7, 11) is 0. The van der Waals surface area contributed by atoms with Gasteiger partial charge in [-0.25, -0.2) is 9.78 Å². The van der Waals surface area contributed by atoms with Crippen molar-refractivity contribution in [3.8, 4) is 11.1 Å². The number of pyridine rings is 1. The summed E-state index contributed by atoms with van der Waals surface area (Å²) < 4.78 is 0. The molecule has 0 aliphatic carbocycles. The first-order chi connectivity index (χ1) is 11.6. The van der Waals surface area contributed by atoms with E-state index >= 15 is 0 Å². The summed E-state index contributed by atoms with van der Waals surface area (Å²) in [6.07, 6.45) is 1.58. The lowest BCUT2D eigenvalue weighted by Crippen LogP contribution is -2.06. The molecule has 0 bridgehead atoms. The zero-order valence-corrected chi connectivity index (χ0v) is 13.6. The molecular weight excluding hydrogens is 300 g/mol. The molecule has 0 saturated heterocycles. The van der Waals surface area contributed by atoms with E-state index in [1.54, 1.807) is 18.3 Å². The standard InChI is InChI=1S/C20H18N2O2/c1-13-11-16(15-7-4-3-5-8-15)12-14(2)18(13)22-19-17(20(23)24)9-6-10-21-19/h3-12H,1-2H3,(H,21,22)(H,23,24). The lowest BCUT2D eigenvalue weighted by molar-refractivity contribution is 0.0697. The molecule has 0 unspecified atom stereocenters. The molecule has 0 spiro atoms. The van der Waals surface area contributed by atoms with E-state index in [-0.39, 0.29) is 5.56 Å². The first-order valence-corrected chi connectivity index (χ1v) is 7.68. The summed E-state index contributed by atoms with van der Waals surface area (Å²) in [5.41, 5.74) is 5.40. The summed E-state index contributed by atoms with van der Waals surface area (Å²) in [5, 5.41) is 12.5. The van der Waals surface area contributed by atoms with Crippen LogP contribution in [0.2, 0.25) is 0 Å². The first-order valence-electron chi connectivity index (χ1n) is 7.68. The molecule has 1 heterocycles. The molecule has 2 N–H and O–H groups in total. The Balaban J connectivity index is 2.00. The number of aromatic nitrogens is 1. The molecular formula is C20H18N2O2. The second-order valence-electron chi connectivity index (χ2n) is 5.68. The number of anilines is 2. The van der Waals surface area contributed by atoms with E-state index in [2.05, 4.69) is 34.6 Å². The van der Waals surface area contributed by atoms with E-state index in [9.17, 15) is 9.90 Å². The summed E-state index contributed by atoms with van der Waals surface area (Å²) in [6, 6.07) is 17.5. The predicted octanol–water partition coefficient (Wildman–Crippen LogP) is 4.81. The van der Waals surface area contributed by atoms with Crippen LogP contribution in [0.1, 0.15) is 21.5 Å². The number of nitrogens with one attached hydrogen (secondary N) is 1. The molecule has 3 rings (SSSR count). The van der Waals surface area contributed by atoms with Crippen molar-refractivity contribution in [1.82, 2.24) is 4.98 Å². The molecule has 3 aromatic rings. The monoisotopic (exact) mass is 318 g/mol. The fraction of sp³-hybridized carbons (Fsp3) is 0.100. The van der Waals surface area contributed by atoms with Gasteiger partial charge in [0.25, 0.3) is 0 Å². The molecule has 0 fully saturated rings. The van der Waals surface area contributed by atoms with Gasteiger partial charge in [0.15, 0.2) is 0 Å². The largest absolute Gasteiger partial charge is 0.478 e. The Kier molecular flexibility index (Phi) is 4.29. The number of hydrogen-bond donors (Lipinski definition) is 2. The zero-order chi connectivity index (χ0) is 17.1. The van der Waals surface area contributed by atoms with Crippen molar-refractivity contribution in [1.29, 1.82) is 0 Å². The van der Waals surface area contributed by atoms with Crippen LogP contribution >= 0.6 is 0 Å². The highest BCUT2D eigenvalue weighted by Gasteiger charge is 2.13. The fourth-order valence-electron chi connectivity index (χ4n) is 2.75. The van der Waals surface area contributed by atoms with Crippen LogP contribution in [0.5, 0.6) is 0 Å². The average molecular weight is 318 g/mol. The van der Waals surface area contributed by atoms with Gasteiger partial charge in [0.2, 0.25) is 0 Å². The summed E-state index contributed by atoms with van der Waals surface area (Å²) >= 11 is 0. The third-order valence-corrected chi connectivity index (χ3v) is 3.92. The van der Waals surface area contributed by atoms with Gasteiger partial charge in [-0.2, -0.15) is 0 Å². The number of nitrogens with zero attached hydrogens (tertiary/aromatic N) is 1. The molecule has 0 saturated carbocycles. The number of carboxylic acid groups (broad SMARTS) is 1. The molecule has 0 atom stereocenters. The smallest absolute Gasteiger partial charge is 0.339 e. The minimum absolute atomic E-state index is 0.156. The number of benzene rings is 2. The van der Waals surface area contributed by atoms with Crippen LogP contribution in [-0.2, 0) is 0 Å². The Morgan fingerprint density at radius 1 is 0.958 bits per heavy atom. The van der Waals surface area contributed by atoms with Gasteiger partial charge in [0, 0.05) is 11.9 Å². The molecule has 0 radical (unpaired) electrons. The molecule has 2 aromatic carbocycles. The van der Waals surface area contributed by atoms with Crippen LogP contribution < -0.4 is 5.32 Å². The molecule has 120 valence electrons. The Labute approximate surface area is 140 Å². The van der Waals surface area contributed by atoms with E-state index in [4.69, 9.17) is 0 Å². The van der Waals surface area contributed by atoms with Crippen LogP contribution in [-0.4, -0.2) is 16.1 Å². The molecule has 1 aromatic heterocycles. The number of hydrogen-bond acceptors (Lipinski definition) is 3. The molecule has 0 amide bonds. The minimum Gasteiger partial charge on any atom is -0.478 e. The van der Waals surface area contributed by atoms with Gasteiger partial charge in [0.05, 0.1) is 0 Å². The quantitative estimate of drug-likeness (QED) is 0.725. The van der Waals surface area contributed by atoms with E-state index in [0.29, 0.717) is 5.82 Å². The van der Waals surface area contributed by atoms with E-state index in [0.717, 1.165) is 27.9 Å². The third kappa shape index (κ3) is 3.13. The topological polar surface area (TPSA) is 62.2 Å². The second-order valence-corrected chi connectivity index (χ2v) is 5.68. The van der Waals surface area contributed by atoms with Gasteiger partial charge >= 0.3 is 5.97 Å². The lowest BCUT2D eigenvalue weighted by Gasteiger charge is -2.15. The highest BCUT2D eigenvalue weighted by Crippen LogP contribution is 2.30. The van der Waals surface area contributed by atoms with Crippen molar-refractivity contribution >= 4 is 17.5 Å². The van der Waals surface area contributed by atoms with Crippen molar-refractivity contribution in [2.24, 2.45) is 0 Å². The number of aryl methyl sites for hydroxylation is 2. The van der Waals surface area contributed by atoms with Crippen molar-refractivity contribution in [3.05, 3.63) is 77.5 Å². The lowest BCUT2D eigenvalue weighted by atomic mass is 9.99. The second kappa shape index (κ2) is 6.54. The maximum Gasteiger partial charge on any atom is 0.339 e. The number of carboxylic acids is 1. The minimum atomic E-state index is -0.998. The Morgan fingerprint density at radius 3 is 2.25 bits per heavy atom. The van der Waals surface area contributed by atoms with Gasteiger partial charge in [-0.3, -0.25) is 0 Å². The third-order valence-electron chi connectivity index (χ3n) is 3.92. The molecule has 0 aliphatic rings. The van der Waals surface area contributed by atoms with Crippen LogP contribution in [0.4, 0.5) is 11.5 Å². The molecule has 4 heteroatoms. The van der Waals surface area contributed by atoms with Gasteiger partial charge in [-0.1, -0.05) is 30.3 Å². The maximum atomic E-state index is 11.3. The molecule has 24 heavy (non-hydrogen) atoms. The van der Waals surface area contributed by atoms with Crippen LogP contribution in [0, 0.1) is 13.8 Å². The van der Waals surface area contributed by atoms with Crippen LogP contribution in [0.3, 0.4) is 0 Å². The number of carbonyl (C=O) groups is 1. The first kappa shape index (κ1) is 15.7. The fourth-order valence-corrected chi connectivity index (χ4v) is 2.75. The van der Waals surface area contributed by atoms with E-state index in [1.165, 1.54) is 0 Å². The van der Waals surface area contributed by atoms with Gasteiger partial charge in [-0.05, 0) is 60.4 Å². The van der Waals surface area contributed by atoms with E-state index < -0.39 is 5.97 Å². The Hall–Kier alpha value is -3.14. The normalized spacial score (nSPS) is 10.4. The molecule has 4 nitrogen and oxygen atoms in total. The number of aromatic carboxylic acids is 1. The highest BCUT2D eigenvalue weighted by atomic mass is 16.4.